The number of alkyl halides is 1. The molecule has 1 aromatic rings. The maximum Gasteiger partial charge on any atom is 0.273 e. The van der Waals surface area contributed by atoms with Crippen LogP contribution < -0.4 is 4.90 Å². The first-order chi connectivity index (χ1) is 9.67. The van der Waals surface area contributed by atoms with E-state index < -0.39 is 0 Å². The molecule has 0 saturated heterocycles. The zero-order chi connectivity index (χ0) is 14.5. The highest BCUT2D eigenvalue weighted by Crippen LogP contribution is 2.31. The molecule has 0 spiro atoms. The van der Waals surface area contributed by atoms with Crippen LogP contribution in [0.3, 0.4) is 0 Å². The number of halogens is 1. The Bertz CT molecular complexity index is 473. The molecule has 2 rings (SSSR count). The third-order valence-corrected chi connectivity index (χ3v) is 4.70. The Balaban J connectivity index is 2.27. The first kappa shape index (κ1) is 15.3. The molecule has 1 aliphatic carbocycles. The second kappa shape index (κ2) is 7.07. The quantitative estimate of drug-likeness (QED) is 0.445. The Labute approximate surface area is 128 Å². The van der Waals surface area contributed by atoms with Gasteiger partial charge in [0.15, 0.2) is 0 Å². The van der Waals surface area contributed by atoms with Gasteiger partial charge in [-0.05, 0) is 31.9 Å². The van der Waals surface area contributed by atoms with E-state index in [9.17, 15) is 10.1 Å². The second-order valence-corrected chi connectivity index (χ2v) is 5.84. The summed E-state index contributed by atoms with van der Waals surface area (Å²) in [6.45, 7) is 3.11. The lowest BCUT2D eigenvalue weighted by Gasteiger charge is -2.35. The summed E-state index contributed by atoms with van der Waals surface area (Å²) in [5.74, 6) is 0. The van der Waals surface area contributed by atoms with Crippen molar-refractivity contribution in [1.82, 2.24) is 0 Å². The number of nitrogens with zero attached hydrogens (tertiary/aromatic N) is 2. The highest BCUT2D eigenvalue weighted by atomic mass is 79.9. The molecule has 0 aliphatic heterocycles. The Morgan fingerprint density at radius 2 is 2.05 bits per heavy atom. The standard InChI is InChI=1S/C15H21BrN2O2/c1-2-17(13-6-4-3-5-7-13)14-8-9-15(18(19)20)12(10-14)11-16/h8-10,13H,2-7,11H2,1H3. The van der Waals surface area contributed by atoms with Crippen LogP contribution in [0, 0.1) is 10.1 Å². The zero-order valence-corrected chi connectivity index (χ0v) is 13.4. The summed E-state index contributed by atoms with van der Waals surface area (Å²) in [6, 6.07) is 6.07. The van der Waals surface area contributed by atoms with E-state index in [-0.39, 0.29) is 10.6 Å². The van der Waals surface area contributed by atoms with E-state index in [1.54, 1.807) is 6.07 Å². The molecule has 1 saturated carbocycles. The lowest BCUT2D eigenvalue weighted by atomic mass is 9.93. The molecule has 1 aliphatic rings. The van der Waals surface area contributed by atoms with Gasteiger partial charge >= 0.3 is 0 Å². The van der Waals surface area contributed by atoms with E-state index in [1.165, 1.54) is 32.1 Å². The molecular formula is C15H21BrN2O2. The Morgan fingerprint density at radius 3 is 2.60 bits per heavy atom. The maximum atomic E-state index is 11.0. The molecule has 0 bridgehead atoms. The van der Waals surface area contributed by atoms with Crippen molar-refractivity contribution >= 4 is 27.3 Å². The molecule has 4 nitrogen and oxygen atoms in total. The summed E-state index contributed by atoms with van der Waals surface area (Å²) in [4.78, 5) is 13.1. The average Bonchev–Trinajstić information content (AvgIpc) is 2.48. The predicted molar refractivity (Wildman–Crippen MR) is 85.6 cm³/mol. The summed E-state index contributed by atoms with van der Waals surface area (Å²) >= 11 is 3.35. The van der Waals surface area contributed by atoms with Crippen molar-refractivity contribution < 1.29 is 4.92 Å². The maximum absolute atomic E-state index is 11.0. The van der Waals surface area contributed by atoms with Crippen LogP contribution >= 0.6 is 15.9 Å². The molecule has 0 N–H and O–H groups in total. The van der Waals surface area contributed by atoms with Crippen molar-refractivity contribution in [2.24, 2.45) is 0 Å². The fourth-order valence-electron chi connectivity index (χ4n) is 3.08. The smallest absolute Gasteiger partial charge is 0.273 e. The number of benzene rings is 1. The SMILES string of the molecule is CCN(c1ccc([N+](=O)[O-])c(CBr)c1)C1CCCCC1. The van der Waals surface area contributed by atoms with Gasteiger partial charge in [0.1, 0.15) is 0 Å². The van der Waals surface area contributed by atoms with E-state index in [0.29, 0.717) is 11.4 Å². The van der Waals surface area contributed by atoms with Crippen molar-refractivity contribution in [3.63, 3.8) is 0 Å². The van der Waals surface area contributed by atoms with E-state index in [4.69, 9.17) is 0 Å². The largest absolute Gasteiger partial charge is 0.369 e. The van der Waals surface area contributed by atoms with Crippen LogP contribution in [0.25, 0.3) is 0 Å². The third kappa shape index (κ3) is 3.32. The Kier molecular flexibility index (Phi) is 5.40. The number of hydrogen-bond donors (Lipinski definition) is 0. The van der Waals surface area contributed by atoms with Crippen molar-refractivity contribution in [2.75, 3.05) is 11.4 Å². The molecular weight excluding hydrogens is 320 g/mol. The fourth-order valence-corrected chi connectivity index (χ4v) is 3.53. The number of rotatable bonds is 5. The molecule has 110 valence electrons. The lowest BCUT2D eigenvalue weighted by molar-refractivity contribution is -0.385. The zero-order valence-electron chi connectivity index (χ0n) is 11.8. The van der Waals surface area contributed by atoms with Crippen LogP contribution in [0.15, 0.2) is 18.2 Å². The summed E-state index contributed by atoms with van der Waals surface area (Å²) in [5.41, 5.74) is 2.06. The number of hydrogen-bond acceptors (Lipinski definition) is 3. The first-order valence-corrected chi connectivity index (χ1v) is 8.39. The highest BCUT2D eigenvalue weighted by Gasteiger charge is 2.22. The molecule has 0 unspecified atom stereocenters. The molecule has 1 fully saturated rings. The molecule has 0 radical (unpaired) electrons. The molecule has 0 atom stereocenters. The molecule has 0 heterocycles. The second-order valence-electron chi connectivity index (χ2n) is 5.28. The van der Waals surface area contributed by atoms with Gasteiger partial charge in [-0.3, -0.25) is 10.1 Å². The topological polar surface area (TPSA) is 46.4 Å². The molecule has 0 aromatic heterocycles. The Hall–Kier alpha value is -1.10. The molecule has 0 amide bonds. The molecule has 1 aromatic carbocycles. The minimum absolute atomic E-state index is 0.199. The summed E-state index contributed by atoms with van der Waals surface area (Å²) in [5, 5.41) is 11.5. The lowest BCUT2D eigenvalue weighted by Crippen LogP contribution is -2.36. The minimum atomic E-state index is -0.308. The van der Waals surface area contributed by atoms with Gasteiger partial charge < -0.3 is 4.90 Å². The van der Waals surface area contributed by atoms with Crippen molar-refractivity contribution in [3.8, 4) is 0 Å². The van der Waals surface area contributed by atoms with Crippen molar-refractivity contribution in [3.05, 3.63) is 33.9 Å². The van der Waals surface area contributed by atoms with Crippen LogP contribution in [0.2, 0.25) is 0 Å². The van der Waals surface area contributed by atoms with Crippen molar-refractivity contribution in [2.45, 2.75) is 50.4 Å². The number of nitro benzene ring substituents is 1. The van der Waals surface area contributed by atoms with Crippen LogP contribution in [-0.2, 0) is 5.33 Å². The minimum Gasteiger partial charge on any atom is -0.369 e. The van der Waals surface area contributed by atoms with Crippen LogP contribution in [0.4, 0.5) is 11.4 Å². The monoisotopic (exact) mass is 340 g/mol. The third-order valence-electron chi connectivity index (χ3n) is 4.09. The highest BCUT2D eigenvalue weighted by molar-refractivity contribution is 9.08. The normalized spacial score (nSPS) is 16.1. The van der Waals surface area contributed by atoms with Gasteiger partial charge in [-0.25, -0.2) is 0 Å². The summed E-state index contributed by atoms with van der Waals surface area (Å²) in [6.07, 6.45) is 6.38. The first-order valence-electron chi connectivity index (χ1n) is 7.27. The van der Waals surface area contributed by atoms with Gasteiger partial charge in [0.2, 0.25) is 0 Å². The fraction of sp³-hybridized carbons (Fsp3) is 0.600. The van der Waals surface area contributed by atoms with Crippen LogP contribution in [0.5, 0.6) is 0 Å². The Morgan fingerprint density at radius 1 is 1.35 bits per heavy atom. The van der Waals surface area contributed by atoms with E-state index >= 15 is 0 Å². The summed E-state index contributed by atoms with van der Waals surface area (Å²) < 4.78 is 0. The van der Waals surface area contributed by atoms with Gasteiger partial charge in [-0.2, -0.15) is 0 Å². The van der Waals surface area contributed by atoms with Gasteiger partial charge in [0.05, 0.1) is 4.92 Å². The summed E-state index contributed by atoms with van der Waals surface area (Å²) in [7, 11) is 0. The van der Waals surface area contributed by atoms with E-state index in [0.717, 1.165) is 17.8 Å². The van der Waals surface area contributed by atoms with Gasteiger partial charge in [0.25, 0.3) is 5.69 Å². The number of nitro groups is 1. The van der Waals surface area contributed by atoms with Crippen LogP contribution in [-0.4, -0.2) is 17.5 Å². The average molecular weight is 341 g/mol. The van der Waals surface area contributed by atoms with E-state index in [2.05, 4.69) is 27.8 Å². The predicted octanol–water partition coefficient (Wildman–Crippen LogP) is 4.65. The molecule has 5 heteroatoms. The van der Waals surface area contributed by atoms with E-state index in [1.807, 2.05) is 12.1 Å². The van der Waals surface area contributed by atoms with Crippen LogP contribution in [0.1, 0.15) is 44.6 Å². The number of anilines is 1. The van der Waals surface area contributed by atoms with Gasteiger partial charge in [0, 0.05) is 35.2 Å². The van der Waals surface area contributed by atoms with Gasteiger partial charge in [-0.15, -0.1) is 0 Å². The van der Waals surface area contributed by atoms with Crippen molar-refractivity contribution in [1.29, 1.82) is 0 Å². The molecule has 20 heavy (non-hydrogen) atoms. The van der Waals surface area contributed by atoms with Gasteiger partial charge in [-0.1, -0.05) is 35.2 Å².